The third-order valence-electron chi connectivity index (χ3n) is 7.63. The van der Waals surface area contributed by atoms with Crippen molar-refractivity contribution in [3.8, 4) is 11.5 Å². The van der Waals surface area contributed by atoms with Crippen molar-refractivity contribution in [2.75, 3.05) is 20.1 Å². The lowest BCUT2D eigenvalue weighted by molar-refractivity contribution is 0.150. The fraction of sp³-hybridized carbons (Fsp3) is 0.607. The molecule has 2 atom stereocenters. The van der Waals surface area contributed by atoms with Gasteiger partial charge in [0.2, 0.25) is 0 Å². The number of carbonyl (C=O) groups is 1. The second kappa shape index (κ2) is 10.2. The molecule has 180 valence electrons. The summed E-state index contributed by atoms with van der Waals surface area (Å²) in [7, 11) is 1.86. The fourth-order valence-electron chi connectivity index (χ4n) is 5.69. The highest BCUT2D eigenvalue weighted by molar-refractivity contribution is 5.74. The number of hydrogen-bond acceptors (Lipinski definition) is 3. The lowest BCUT2D eigenvalue weighted by Crippen LogP contribution is -2.43. The van der Waals surface area contributed by atoms with Gasteiger partial charge in [0.15, 0.2) is 0 Å². The molecule has 2 amide bonds. The third kappa shape index (κ3) is 4.92. The highest BCUT2D eigenvalue weighted by atomic mass is 16.5. The van der Waals surface area contributed by atoms with Crippen LogP contribution in [0.4, 0.5) is 4.79 Å². The Hall–Kier alpha value is -2.43. The zero-order valence-corrected chi connectivity index (χ0v) is 20.7. The monoisotopic (exact) mass is 452 g/mol. The number of benzene rings is 1. The summed E-state index contributed by atoms with van der Waals surface area (Å²) in [6.45, 7) is 10.6. The van der Waals surface area contributed by atoms with Gasteiger partial charge in [-0.1, -0.05) is 38.0 Å². The molecule has 0 radical (unpaired) electrons. The lowest BCUT2D eigenvalue weighted by atomic mass is 9.73. The molecule has 2 heterocycles. The van der Waals surface area contributed by atoms with Crippen molar-refractivity contribution >= 4 is 6.03 Å². The predicted molar refractivity (Wildman–Crippen MR) is 133 cm³/mol. The first-order valence-corrected chi connectivity index (χ1v) is 12.8. The van der Waals surface area contributed by atoms with Gasteiger partial charge in [0.05, 0.1) is 6.54 Å². The van der Waals surface area contributed by atoms with Gasteiger partial charge in [-0.15, -0.1) is 0 Å². The SMILES string of the molecule is C=C1Oc2cc(CCCCC)c(CN(C)C(=O)N3CCCCC3)c(O)c2C2C=C(C)CCC12. The van der Waals surface area contributed by atoms with Crippen molar-refractivity contribution in [3.05, 3.63) is 46.7 Å². The molecule has 3 aliphatic rings. The van der Waals surface area contributed by atoms with Crippen LogP contribution in [0, 0.1) is 5.92 Å². The summed E-state index contributed by atoms with van der Waals surface area (Å²) in [5.41, 5.74) is 4.19. The molecule has 1 aliphatic carbocycles. The number of aromatic hydroxyl groups is 1. The van der Waals surface area contributed by atoms with Gasteiger partial charge in [-0.05, 0) is 63.5 Å². The smallest absolute Gasteiger partial charge is 0.320 e. The number of amides is 2. The Morgan fingerprint density at radius 1 is 1.27 bits per heavy atom. The number of nitrogens with zero attached hydrogens (tertiary/aromatic N) is 2. The van der Waals surface area contributed by atoms with Gasteiger partial charge < -0.3 is 19.6 Å². The van der Waals surface area contributed by atoms with Crippen molar-refractivity contribution in [2.24, 2.45) is 5.92 Å². The maximum atomic E-state index is 13.1. The third-order valence-corrected chi connectivity index (χ3v) is 7.63. The van der Waals surface area contributed by atoms with Gasteiger partial charge in [-0.2, -0.15) is 0 Å². The van der Waals surface area contributed by atoms with Crippen LogP contribution in [0.25, 0.3) is 0 Å². The number of ether oxygens (including phenoxy) is 1. The first-order valence-electron chi connectivity index (χ1n) is 12.8. The van der Waals surface area contributed by atoms with E-state index in [1.165, 1.54) is 12.0 Å². The molecule has 0 aromatic heterocycles. The van der Waals surface area contributed by atoms with Crippen LogP contribution in [0.5, 0.6) is 11.5 Å². The molecule has 4 rings (SSSR count). The summed E-state index contributed by atoms with van der Waals surface area (Å²) in [4.78, 5) is 16.8. The summed E-state index contributed by atoms with van der Waals surface area (Å²) in [6.07, 6.45) is 11.8. The second-order valence-corrected chi connectivity index (χ2v) is 10.2. The summed E-state index contributed by atoms with van der Waals surface area (Å²) < 4.78 is 6.19. The molecule has 0 spiro atoms. The van der Waals surface area contributed by atoms with Gasteiger partial charge in [-0.25, -0.2) is 4.79 Å². The van der Waals surface area contributed by atoms with E-state index in [1.54, 1.807) is 4.90 Å². The Labute approximate surface area is 199 Å². The summed E-state index contributed by atoms with van der Waals surface area (Å²) >= 11 is 0. The van der Waals surface area contributed by atoms with Crippen LogP contribution >= 0.6 is 0 Å². The van der Waals surface area contributed by atoms with Crippen LogP contribution in [0.3, 0.4) is 0 Å². The number of piperidine rings is 1. The standard InChI is InChI=1S/C28H40N2O3/c1-5-6-8-11-21-17-25-26(23-16-19(2)12-13-22(23)20(3)33-25)27(31)24(21)18-29(4)28(32)30-14-9-7-10-15-30/h16-17,22-23,31H,3,5-15,18H2,1-2,4H3. The zero-order valence-electron chi connectivity index (χ0n) is 20.7. The Balaban J connectivity index is 1.70. The number of phenolic OH excluding ortho intramolecular Hbond substituents is 1. The van der Waals surface area contributed by atoms with E-state index in [1.807, 2.05) is 11.9 Å². The largest absolute Gasteiger partial charge is 0.507 e. The minimum atomic E-state index is 0.0576. The van der Waals surface area contributed by atoms with E-state index < -0.39 is 0 Å². The number of aryl methyl sites for hydroxylation is 1. The minimum Gasteiger partial charge on any atom is -0.507 e. The highest BCUT2D eigenvalue weighted by Gasteiger charge is 2.38. The number of fused-ring (bicyclic) bond motifs is 3. The molecule has 1 saturated heterocycles. The van der Waals surface area contributed by atoms with Crippen molar-refractivity contribution in [3.63, 3.8) is 0 Å². The minimum absolute atomic E-state index is 0.0576. The van der Waals surface area contributed by atoms with Crippen LogP contribution in [0.1, 0.15) is 87.8 Å². The van der Waals surface area contributed by atoms with Crippen LogP contribution < -0.4 is 4.74 Å². The van der Waals surface area contributed by atoms with Crippen molar-refractivity contribution < 1.29 is 14.6 Å². The molecule has 0 saturated carbocycles. The van der Waals surface area contributed by atoms with Crippen molar-refractivity contribution in [1.29, 1.82) is 0 Å². The normalized spacial score (nSPS) is 22.2. The van der Waals surface area contributed by atoms with E-state index in [4.69, 9.17) is 4.74 Å². The molecule has 5 nitrogen and oxygen atoms in total. The van der Waals surface area contributed by atoms with E-state index in [9.17, 15) is 9.90 Å². The Kier molecular flexibility index (Phi) is 7.35. The van der Waals surface area contributed by atoms with E-state index in [-0.39, 0.29) is 17.9 Å². The first kappa shape index (κ1) is 23.7. The van der Waals surface area contributed by atoms with Gasteiger partial charge in [-0.3, -0.25) is 0 Å². The number of rotatable bonds is 6. The van der Waals surface area contributed by atoms with E-state index in [2.05, 4.69) is 32.6 Å². The first-order chi connectivity index (χ1) is 15.9. The van der Waals surface area contributed by atoms with E-state index in [0.29, 0.717) is 12.3 Å². The molecule has 1 N–H and O–H groups in total. The maximum Gasteiger partial charge on any atom is 0.320 e. The van der Waals surface area contributed by atoms with Crippen LogP contribution in [0.2, 0.25) is 0 Å². The molecule has 1 fully saturated rings. The molecule has 1 aromatic carbocycles. The molecule has 33 heavy (non-hydrogen) atoms. The lowest BCUT2D eigenvalue weighted by Gasteiger charge is -2.38. The molecular formula is C28H40N2O3. The quantitative estimate of drug-likeness (QED) is 0.395. The van der Waals surface area contributed by atoms with Gasteiger partial charge in [0.1, 0.15) is 17.3 Å². The average Bonchev–Trinajstić information content (AvgIpc) is 2.81. The Morgan fingerprint density at radius 3 is 2.76 bits per heavy atom. The van der Waals surface area contributed by atoms with Crippen molar-refractivity contribution in [1.82, 2.24) is 9.80 Å². The molecule has 1 aromatic rings. The molecule has 5 heteroatoms. The number of likely N-dealkylation sites (tertiary alicyclic amines) is 1. The van der Waals surface area contributed by atoms with Crippen molar-refractivity contribution in [2.45, 2.75) is 84.1 Å². The van der Waals surface area contributed by atoms with Gasteiger partial charge >= 0.3 is 6.03 Å². The zero-order chi connectivity index (χ0) is 23.5. The summed E-state index contributed by atoms with van der Waals surface area (Å²) in [6, 6.07) is 2.17. The summed E-state index contributed by atoms with van der Waals surface area (Å²) in [5, 5.41) is 11.6. The Morgan fingerprint density at radius 2 is 2.03 bits per heavy atom. The van der Waals surface area contributed by atoms with Gasteiger partial charge in [0, 0.05) is 43.1 Å². The second-order valence-electron chi connectivity index (χ2n) is 10.2. The number of carbonyl (C=O) groups excluding carboxylic acids is 1. The number of phenols is 1. The molecule has 0 bridgehead atoms. The number of urea groups is 1. The number of allylic oxidation sites excluding steroid dienone is 3. The molecule has 2 aliphatic heterocycles. The highest BCUT2D eigenvalue weighted by Crippen LogP contribution is 2.52. The maximum absolute atomic E-state index is 13.1. The fourth-order valence-corrected chi connectivity index (χ4v) is 5.69. The predicted octanol–water partition coefficient (Wildman–Crippen LogP) is 6.51. The van der Waals surface area contributed by atoms with Gasteiger partial charge in [0.25, 0.3) is 0 Å². The summed E-state index contributed by atoms with van der Waals surface area (Å²) in [5.74, 6) is 2.14. The van der Waals surface area contributed by atoms with Crippen LogP contribution in [-0.2, 0) is 13.0 Å². The topological polar surface area (TPSA) is 53.0 Å². The average molecular weight is 453 g/mol. The van der Waals surface area contributed by atoms with Crippen LogP contribution in [-0.4, -0.2) is 41.1 Å². The van der Waals surface area contributed by atoms with E-state index >= 15 is 0 Å². The Bertz CT molecular complexity index is 930. The van der Waals surface area contributed by atoms with E-state index in [0.717, 1.165) is 92.7 Å². The van der Waals surface area contributed by atoms with Crippen LogP contribution in [0.15, 0.2) is 30.1 Å². The molecule has 2 unspecified atom stereocenters. The number of unbranched alkanes of at least 4 members (excludes halogenated alkanes) is 2. The molecular weight excluding hydrogens is 412 g/mol. The number of hydrogen-bond donors (Lipinski definition) is 1.